The number of hydrogen-bond donors (Lipinski definition) is 0. The minimum absolute atomic E-state index is 0.0815. The number of thioether (sulfide) groups is 1. The van der Waals surface area contributed by atoms with Gasteiger partial charge in [0.05, 0.1) is 18.4 Å². The minimum Gasteiger partial charge on any atom is -0.497 e. The number of amides is 1. The summed E-state index contributed by atoms with van der Waals surface area (Å²) in [4.78, 5) is 14.6. The van der Waals surface area contributed by atoms with Gasteiger partial charge in [-0.25, -0.2) is 0 Å². The second-order valence-electron chi connectivity index (χ2n) is 5.58. The fraction of sp³-hybridized carbons (Fsp3) is 0.263. The summed E-state index contributed by atoms with van der Waals surface area (Å²) in [6, 6.07) is 17.6. The summed E-state index contributed by atoms with van der Waals surface area (Å²) >= 11 is 7.02. The van der Waals surface area contributed by atoms with Crippen LogP contribution in [0, 0.1) is 0 Å². The van der Waals surface area contributed by atoms with Crippen molar-refractivity contribution >= 4 is 34.2 Å². The fourth-order valence-corrected chi connectivity index (χ4v) is 4.35. The van der Waals surface area contributed by atoms with Gasteiger partial charge in [-0.15, -0.1) is 0 Å². The maximum Gasteiger partial charge on any atom is 0.242 e. The lowest BCUT2D eigenvalue weighted by atomic mass is 9.97. The largest absolute Gasteiger partial charge is 0.497 e. The fourth-order valence-electron chi connectivity index (χ4n) is 2.88. The number of nitrogens with zero attached hydrogens (tertiary/aromatic N) is 1. The summed E-state index contributed by atoms with van der Waals surface area (Å²) in [7, 11) is 1.64. The van der Waals surface area contributed by atoms with E-state index in [0.717, 1.165) is 23.3 Å². The van der Waals surface area contributed by atoms with E-state index in [1.807, 2.05) is 61.5 Å². The Bertz CT molecular complexity index is 731. The predicted octanol–water partition coefficient (Wildman–Crippen LogP) is 4.42. The number of hydrogen-bond acceptors (Lipinski definition) is 4. The van der Waals surface area contributed by atoms with Crippen LogP contribution in [-0.4, -0.2) is 27.5 Å². The third-order valence-corrected chi connectivity index (χ3v) is 5.83. The van der Waals surface area contributed by atoms with E-state index in [1.165, 1.54) is 11.8 Å². The van der Waals surface area contributed by atoms with Crippen LogP contribution in [-0.2, 0) is 4.79 Å². The Morgan fingerprint density at radius 1 is 1.12 bits per heavy atom. The smallest absolute Gasteiger partial charge is 0.242 e. The van der Waals surface area contributed by atoms with Crippen LogP contribution in [0.5, 0.6) is 5.75 Å². The Hall–Kier alpha value is -1.85. The molecule has 3 nitrogen and oxygen atoms in total. The summed E-state index contributed by atoms with van der Waals surface area (Å²) in [5.74, 6) is 0.888. The number of methoxy groups -OCH3 is 1. The molecule has 24 heavy (non-hydrogen) atoms. The maximum absolute atomic E-state index is 12.9. The first-order valence-electron chi connectivity index (χ1n) is 7.88. The third kappa shape index (κ3) is 3.19. The summed E-state index contributed by atoms with van der Waals surface area (Å²) < 4.78 is 5.90. The molecule has 0 bridgehead atoms. The molecule has 1 saturated heterocycles. The molecule has 1 aliphatic heterocycles. The molecule has 0 N–H and O–H groups in total. The van der Waals surface area contributed by atoms with Gasteiger partial charge >= 0.3 is 0 Å². The zero-order valence-electron chi connectivity index (χ0n) is 13.6. The highest BCUT2D eigenvalue weighted by atomic mass is 32.2. The van der Waals surface area contributed by atoms with E-state index in [4.69, 9.17) is 17.0 Å². The Morgan fingerprint density at radius 2 is 1.75 bits per heavy atom. The lowest BCUT2D eigenvalue weighted by Crippen LogP contribution is -2.35. The van der Waals surface area contributed by atoms with Gasteiger partial charge in [0.25, 0.3) is 0 Å². The monoisotopic (exact) mass is 357 g/mol. The Kier molecular flexibility index (Phi) is 5.21. The highest BCUT2D eigenvalue weighted by Gasteiger charge is 2.40. The molecular formula is C19H19NO2S2. The molecule has 2 unspecified atom stereocenters. The molecule has 2 aromatic rings. The van der Waals surface area contributed by atoms with Gasteiger partial charge in [0, 0.05) is 0 Å². The lowest BCUT2D eigenvalue weighted by Gasteiger charge is -2.28. The van der Waals surface area contributed by atoms with E-state index in [1.54, 1.807) is 12.0 Å². The molecule has 2 atom stereocenters. The zero-order valence-corrected chi connectivity index (χ0v) is 15.3. The second-order valence-corrected chi connectivity index (χ2v) is 7.41. The quantitative estimate of drug-likeness (QED) is 0.741. The predicted molar refractivity (Wildman–Crippen MR) is 102 cm³/mol. The molecule has 0 aliphatic carbocycles. The van der Waals surface area contributed by atoms with Crippen LogP contribution in [0.2, 0.25) is 0 Å². The average Bonchev–Trinajstić information content (AvgIpc) is 2.91. The van der Waals surface area contributed by atoms with Crippen molar-refractivity contribution in [2.45, 2.75) is 24.6 Å². The molecule has 1 fully saturated rings. The molecule has 0 saturated carbocycles. The van der Waals surface area contributed by atoms with E-state index in [0.29, 0.717) is 4.32 Å². The van der Waals surface area contributed by atoms with Gasteiger partial charge in [0.2, 0.25) is 5.91 Å². The number of benzene rings is 2. The summed E-state index contributed by atoms with van der Waals surface area (Å²) in [5.41, 5.74) is 2.07. The maximum atomic E-state index is 12.9. The molecule has 1 heterocycles. The number of carbonyl (C=O) groups is 1. The van der Waals surface area contributed by atoms with Crippen LogP contribution in [0.1, 0.15) is 30.5 Å². The first-order chi connectivity index (χ1) is 11.7. The van der Waals surface area contributed by atoms with Crippen molar-refractivity contribution in [3.63, 3.8) is 0 Å². The number of carbonyl (C=O) groups excluding carboxylic acids is 1. The number of ether oxygens (including phenoxy) is 1. The molecule has 2 aromatic carbocycles. The molecular weight excluding hydrogens is 338 g/mol. The number of thiocarbonyl (C=S) groups is 1. The van der Waals surface area contributed by atoms with E-state index in [2.05, 4.69) is 0 Å². The Morgan fingerprint density at radius 3 is 2.29 bits per heavy atom. The van der Waals surface area contributed by atoms with Gasteiger partial charge in [-0.3, -0.25) is 9.69 Å². The average molecular weight is 358 g/mol. The van der Waals surface area contributed by atoms with Gasteiger partial charge in [0.15, 0.2) is 0 Å². The van der Waals surface area contributed by atoms with E-state index >= 15 is 0 Å². The van der Waals surface area contributed by atoms with Crippen molar-refractivity contribution in [1.82, 2.24) is 4.90 Å². The Balaban J connectivity index is 2.05. The van der Waals surface area contributed by atoms with Gasteiger partial charge < -0.3 is 4.74 Å². The van der Waals surface area contributed by atoms with Crippen molar-refractivity contribution in [2.24, 2.45) is 0 Å². The molecule has 0 spiro atoms. The zero-order chi connectivity index (χ0) is 17.1. The topological polar surface area (TPSA) is 29.5 Å². The second kappa shape index (κ2) is 7.36. The van der Waals surface area contributed by atoms with Crippen molar-refractivity contribution in [2.75, 3.05) is 7.11 Å². The van der Waals surface area contributed by atoms with Crippen molar-refractivity contribution in [1.29, 1.82) is 0 Å². The number of rotatable bonds is 5. The molecule has 5 heteroatoms. The molecule has 1 aliphatic rings. The van der Waals surface area contributed by atoms with Crippen LogP contribution >= 0.6 is 24.0 Å². The molecule has 0 aromatic heterocycles. The lowest BCUT2D eigenvalue weighted by molar-refractivity contribution is -0.127. The molecule has 0 radical (unpaired) electrons. The normalized spacial score (nSPS) is 18.8. The van der Waals surface area contributed by atoms with Crippen molar-refractivity contribution < 1.29 is 9.53 Å². The SMILES string of the molecule is CCC1SC(=S)N(C(c2ccccc2)c2ccc(OC)cc2)C1=O. The first-order valence-corrected chi connectivity index (χ1v) is 9.17. The van der Waals surface area contributed by atoms with Crippen molar-refractivity contribution in [3.05, 3.63) is 65.7 Å². The molecule has 124 valence electrons. The van der Waals surface area contributed by atoms with Gasteiger partial charge in [0.1, 0.15) is 10.1 Å². The Labute approximate surface area is 152 Å². The van der Waals surface area contributed by atoms with Gasteiger partial charge in [-0.2, -0.15) is 0 Å². The van der Waals surface area contributed by atoms with Crippen LogP contribution in [0.3, 0.4) is 0 Å². The van der Waals surface area contributed by atoms with E-state index < -0.39 is 0 Å². The van der Waals surface area contributed by atoms with Crippen LogP contribution in [0.15, 0.2) is 54.6 Å². The summed E-state index contributed by atoms with van der Waals surface area (Å²) in [5, 5.41) is -0.0815. The first kappa shape index (κ1) is 17.0. The summed E-state index contributed by atoms with van der Waals surface area (Å²) in [6.45, 7) is 2.02. The van der Waals surface area contributed by atoms with Gasteiger partial charge in [-0.1, -0.05) is 73.4 Å². The highest BCUT2D eigenvalue weighted by molar-refractivity contribution is 8.24. The van der Waals surface area contributed by atoms with Crippen molar-refractivity contribution in [3.8, 4) is 5.75 Å². The summed E-state index contributed by atoms with van der Waals surface area (Å²) in [6.07, 6.45) is 0.782. The standard InChI is InChI=1S/C19H19NO2S2/c1-3-16-18(21)20(19(23)24-16)17(13-7-5-4-6-8-13)14-9-11-15(22-2)12-10-14/h4-12,16-17H,3H2,1-2H3. The highest BCUT2D eigenvalue weighted by Crippen LogP contribution is 2.39. The van der Waals surface area contributed by atoms with Crippen LogP contribution in [0.4, 0.5) is 0 Å². The minimum atomic E-state index is -0.207. The third-order valence-electron chi connectivity index (χ3n) is 4.13. The van der Waals surface area contributed by atoms with Gasteiger partial charge in [-0.05, 0) is 29.7 Å². The van der Waals surface area contributed by atoms with Crippen LogP contribution in [0.25, 0.3) is 0 Å². The van der Waals surface area contributed by atoms with E-state index in [9.17, 15) is 4.79 Å². The molecule has 3 rings (SSSR count). The molecule has 1 amide bonds. The van der Waals surface area contributed by atoms with E-state index in [-0.39, 0.29) is 17.2 Å². The van der Waals surface area contributed by atoms with Crippen LogP contribution < -0.4 is 4.74 Å².